The Balaban J connectivity index is 1.89. The lowest BCUT2D eigenvalue weighted by Gasteiger charge is -2.06. The van der Waals surface area contributed by atoms with Crippen LogP contribution in [0.2, 0.25) is 0 Å². The van der Waals surface area contributed by atoms with E-state index < -0.39 is 0 Å². The van der Waals surface area contributed by atoms with Crippen LogP contribution in [0.4, 0.5) is 0 Å². The fourth-order valence-corrected chi connectivity index (χ4v) is 1.85. The summed E-state index contributed by atoms with van der Waals surface area (Å²) in [4.78, 5) is 8.45. The van der Waals surface area contributed by atoms with E-state index in [1.165, 1.54) is 6.39 Å². The number of hydrogen-bond donors (Lipinski definition) is 0. The van der Waals surface area contributed by atoms with Crippen LogP contribution in [0.15, 0.2) is 41.1 Å². The van der Waals surface area contributed by atoms with Gasteiger partial charge < -0.3 is 9.15 Å². The van der Waals surface area contributed by atoms with Gasteiger partial charge in [-0.05, 0) is 32.0 Å². The molecule has 0 unspecified atom stereocenters. The molecule has 2 heterocycles. The maximum atomic E-state index is 5.74. The van der Waals surface area contributed by atoms with Crippen molar-refractivity contribution in [3.8, 4) is 23.1 Å². The molecule has 0 aliphatic carbocycles. The number of aryl methyl sites for hydroxylation is 2. The highest BCUT2D eigenvalue weighted by atomic mass is 16.5. The third kappa shape index (κ3) is 2.64. The molecule has 0 amide bonds. The van der Waals surface area contributed by atoms with Gasteiger partial charge in [-0.2, -0.15) is 4.98 Å². The summed E-state index contributed by atoms with van der Waals surface area (Å²) < 4.78 is 10.9. The SMILES string of the molecule is Cc1cc(Oc2cccc(-c3nnco3)c2)nc(C)n1. The lowest BCUT2D eigenvalue weighted by molar-refractivity contribution is 0.459. The summed E-state index contributed by atoms with van der Waals surface area (Å²) in [6.45, 7) is 3.73. The van der Waals surface area contributed by atoms with Gasteiger partial charge in [-0.3, -0.25) is 0 Å². The largest absolute Gasteiger partial charge is 0.439 e. The highest BCUT2D eigenvalue weighted by Crippen LogP contribution is 2.25. The van der Waals surface area contributed by atoms with Crippen LogP contribution < -0.4 is 4.74 Å². The number of nitrogens with zero attached hydrogens (tertiary/aromatic N) is 4. The second-order valence-electron chi connectivity index (χ2n) is 4.27. The Morgan fingerprint density at radius 2 is 2.00 bits per heavy atom. The van der Waals surface area contributed by atoms with Crippen LogP contribution in [0, 0.1) is 13.8 Å². The highest BCUT2D eigenvalue weighted by molar-refractivity contribution is 5.55. The van der Waals surface area contributed by atoms with Crippen molar-refractivity contribution in [3.05, 3.63) is 48.2 Å². The first kappa shape index (κ1) is 12.3. The summed E-state index contributed by atoms with van der Waals surface area (Å²) in [5, 5.41) is 7.52. The average Bonchev–Trinajstić information content (AvgIpc) is 2.91. The zero-order chi connectivity index (χ0) is 13.9. The topological polar surface area (TPSA) is 73.9 Å². The molecule has 0 spiro atoms. The summed E-state index contributed by atoms with van der Waals surface area (Å²) >= 11 is 0. The van der Waals surface area contributed by atoms with Crippen LogP contribution in [-0.4, -0.2) is 20.2 Å². The van der Waals surface area contributed by atoms with Gasteiger partial charge in [0, 0.05) is 17.3 Å². The molecule has 0 saturated carbocycles. The molecular formula is C14H12N4O2. The molecule has 0 atom stereocenters. The molecule has 6 nitrogen and oxygen atoms in total. The number of hydrogen-bond acceptors (Lipinski definition) is 6. The molecule has 1 aromatic carbocycles. The second kappa shape index (κ2) is 5.08. The van der Waals surface area contributed by atoms with Gasteiger partial charge in [0.2, 0.25) is 18.2 Å². The Morgan fingerprint density at radius 3 is 2.75 bits per heavy atom. The Kier molecular flexibility index (Phi) is 3.12. The summed E-state index contributed by atoms with van der Waals surface area (Å²) in [5.41, 5.74) is 1.66. The lowest BCUT2D eigenvalue weighted by Crippen LogP contribution is -1.95. The fourth-order valence-electron chi connectivity index (χ4n) is 1.85. The zero-order valence-corrected chi connectivity index (χ0v) is 11.1. The van der Waals surface area contributed by atoms with E-state index in [-0.39, 0.29) is 0 Å². The minimum absolute atomic E-state index is 0.450. The van der Waals surface area contributed by atoms with E-state index in [4.69, 9.17) is 9.15 Å². The standard InChI is InChI=1S/C14H12N4O2/c1-9-6-13(17-10(2)16-9)20-12-5-3-4-11(7-12)14-18-15-8-19-14/h3-8H,1-2H3. The van der Waals surface area contributed by atoms with E-state index in [9.17, 15) is 0 Å². The highest BCUT2D eigenvalue weighted by Gasteiger charge is 2.06. The van der Waals surface area contributed by atoms with Gasteiger partial charge in [0.05, 0.1) is 0 Å². The summed E-state index contributed by atoms with van der Waals surface area (Å²) in [6, 6.07) is 9.17. The van der Waals surface area contributed by atoms with Gasteiger partial charge in [0.1, 0.15) is 11.6 Å². The van der Waals surface area contributed by atoms with Gasteiger partial charge in [-0.1, -0.05) is 6.07 Å². The smallest absolute Gasteiger partial charge is 0.247 e. The van der Waals surface area contributed by atoms with Gasteiger partial charge in [-0.25, -0.2) is 4.98 Å². The molecule has 3 aromatic rings. The van der Waals surface area contributed by atoms with Crippen LogP contribution in [-0.2, 0) is 0 Å². The first-order chi connectivity index (χ1) is 9.70. The molecule has 20 heavy (non-hydrogen) atoms. The van der Waals surface area contributed by atoms with Crippen molar-refractivity contribution >= 4 is 0 Å². The fraction of sp³-hybridized carbons (Fsp3) is 0.143. The summed E-state index contributed by atoms with van der Waals surface area (Å²) in [6.07, 6.45) is 1.29. The maximum Gasteiger partial charge on any atom is 0.247 e. The molecule has 6 heteroatoms. The summed E-state index contributed by atoms with van der Waals surface area (Å²) in [7, 11) is 0. The van der Waals surface area contributed by atoms with E-state index in [2.05, 4.69) is 20.2 Å². The number of aromatic nitrogens is 4. The van der Waals surface area contributed by atoms with Gasteiger partial charge in [0.25, 0.3) is 0 Å². The molecule has 0 aliphatic rings. The number of rotatable bonds is 3. The van der Waals surface area contributed by atoms with Crippen LogP contribution in [0.3, 0.4) is 0 Å². The van der Waals surface area contributed by atoms with Crippen molar-refractivity contribution in [1.29, 1.82) is 0 Å². The van der Waals surface area contributed by atoms with E-state index >= 15 is 0 Å². The minimum atomic E-state index is 0.450. The average molecular weight is 268 g/mol. The Bertz CT molecular complexity index is 706. The molecule has 0 radical (unpaired) electrons. The molecule has 100 valence electrons. The van der Waals surface area contributed by atoms with Gasteiger partial charge in [0.15, 0.2) is 0 Å². The van der Waals surface area contributed by atoms with Crippen molar-refractivity contribution in [3.63, 3.8) is 0 Å². The number of ether oxygens (including phenoxy) is 1. The van der Waals surface area contributed by atoms with E-state index in [1.807, 2.05) is 38.1 Å². The summed E-state index contributed by atoms with van der Waals surface area (Å²) in [5.74, 6) is 2.29. The predicted octanol–water partition coefficient (Wildman–Crippen LogP) is 2.94. The van der Waals surface area contributed by atoms with Crippen LogP contribution in [0.5, 0.6) is 11.6 Å². The molecule has 0 aliphatic heterocycles. The van der Waals surface area contributed by atoms with Crippen molar-refractivity contribution in [1.82, 2.24) is 20.2 Å². The van der Waals surface area contributed by atoms with Crippen molar-refractivity contribution in [2.24, 2.45) is 0 Å². The monoisotopic (exact) mass is 268 g/mol. The Morgan fingerprint density at radius 1 is 1.10 bits per heavy atom. The van der Waals surface area contributed by atoms with E-state index in [0.717, 1.165) is 11.3 Å². The second-order valence-corrected chi connectivity index (χ2v) is 4.27. The van der Waals surface area contributed by atoms with Crippen molar-refractivity contribution in [2.75, 3.05) is 0 Å². The molecule has 2 aromatic heterocycles. The molecular weight excluding hydrogens is 256 g/mol. The third-order valence-electron chi connectivity index (χ3n) is 2.61. The van der Waals surface area contributed by atoms with Crippen LogP contribution >= 0.6 is 0 Å². The Labute approximate surface area is 115 Å². The first-order valence-electron chi connectivity index (χ1n) is 6.07. The lowest BCUT2D eigenvalue weighted by atomic mass is 10.2. The zero-order valence-electron chi connectivity index (χ0n) is 11.1. The van der Waals surface area contributed by atoms with Crippen molar-refractivity contribution in [2.45, 2.75) is 13.8 Å². The van der Waals surface area contributed by atoms with Crippen LogP contribution in [0.1, 0.15) is 11.5 Å². The Hall–Kier alpha value is -2.76. The molecule has 0 bridgehead atoms. The molecule has 0 saturated heterocycles. The predicted molar refractivity (Wildman–Crippen MR) is 71.3 cm³/mol. The molecule has 0 fully saturated rings. The first-order valence-corrected chi connectivity index (χ1v) is 6.07. The minimum Gasteiger partial charge on any atom is -0.439 e. The molecule has 0 N–H and O–H groups in total. The molecule has 3 rings (SSSR count). The number of benzene rings is 1. The maximum absolute atomic E-state index is 5.74. The van der Waals surface area contributed by atoms with Crippen LogP contribution in [0.25, 0.3) is 11.5 Å². The van der Waals surface area contributed by atoms with Crippen molar-refractivity contribution < 1.29 is 9.15 Å². The van der Waals surface area contributed by atoms with E-state index in [0.29, 0.717) is 23.3 Å². The van der Waals surface area contributed by atoms with E-state index in [1.54, 1.807) is 6.07 Å². The quantitative estimate of drug-likeness (QED) is 0.727. The van der Waals surface area contributed by atoms with Gasteiger partial charge in [-0.15, -0.1) is 10.2 Å². The van der Waals surface area contributed by atoms with Gasteiger partial charge >= 0.3 is 0 Å². The third-order valence-corrected chi connectivity index (χ3v) is 2.61. The normalized spacial score (nSPS) is 10.5.